The Morgan fingerprint density at radius 3 is 2.47 bits per heavy atom. The molecule has 15 heavy (non-hydrogen) atoms. The Kier molecular flexibility index (Phi) is 2.60. The van der Waals surface area contributed by atoms with Crippen molar-refractivity contribution < 1.29 is 4.79 Å². The third-order valence-electron chi connectivity index (χ3n) is 2.18. The van der Waals surface area contributed by atoms with E-state index in [9.17, 15) is 4.79 Å². The van der Waals surface area contributed by atoms with Gasteiger partial charge in [-0.15, -0.1) is 0 Å². The Morgan fingerprint density at radius 2 is 1.80 bits per heavy atom. The predicted octanol–water partition coefficient (Wildman–Crippen LogP) is 3.45. The van der Waals surface area contributed by atoms with Gasteiger partial charge in [-0.1, -0.05) is 35.9 Å². The van der Waals surface area contributed by atoms with Gasteiger partial charge in [0, 0.05) is 28.4 Å². The van der Waals surface area contributed by atoms with Crippen molar-refractivity contribution in [2.75, 3.05) is 5.32 Å². The summed E-state index contributed by atoms with van der Waals surface area (Å²) in [5, 5.41) is 5.38. The van der Waals surface area contributed by atoms with Crippen LogP contribution in [0, 0.1) is 0 Å². The number of anilines is 1. The van der Waals surface area contributed by atoms with Crippen LogP contribution in [0.25, 0.3) is 10.8 Å². The highest BCUT2D eigenvalue weighted by Gasteiger charge is 2.04. The van der Waals surface area contributed by atoms with Crippen molar-refractivity contribution in [2.45, 2.75) is 6.92 Å². The van der Waals surface area contributed by atoms with E-state index in [1.807, 2.05) is 30.3 Å². The summed E-state index contributed by atoms with van der Waals surface area (Å²) in [5.74, 6) is -0.0810. The summed E-state index contributed by atoms with van der Waals surface area (Å²) >= 11 is 6.05. The number of benzene rings is 2. The van der Waals surface area contributed by atoms with Gasteiger partial charge in [-0.25, -0.2) is 0 Å². The van der Waals surface area contributed by atoms with Crippen LogP contribution in [0.5, 0.6) is 0 Å². The molecule has 0 aliphatic carbocycles. The summed E-state index contributed by atoms with van der Waals surface area (Å²) in [5.41, 5.74) is 0.794. The van der Waals surface area contributed by atoms with Crippen LogP contribution in [0.1, 0.15) is 6.92 Å². The molecule has 0 bridgehead atoms. The number of nitrogens with one attached hydrogen (secondary N) is 1. The van der Waals surface area contributed by atoms with Gasteiger partial charge in [0.15, 0.2) is 0 Å². The minimum absolute atomic E-state index is 0.0810. The summed E-state index contributed by atoms with van der Waals surface area (Å²) in [7, 11) is 0. The first-order valence-corrected chi connectivity index (χ1v) is 5.01. The van der Waals surface area contributed by atoms with Crippen molar-refractivity contribution in [2.24, 2.45) is 0 Å². The van der Waals surface area contributed by atoms with Crippen molar-refractivity contribution in [3.63, 3.8) is 0 Å². The molecule has 0 saturated carbocycles. The maximum absolute atomic E-state index is 11.0. The molecule has 0 aliphatic heterocycles. The molecule has 2 nitrogen and oxygen atoms in total. The van der Waals surface area contributed by atoms with Crippen molar-refractivity contribution in [1.29, 1.82) is 0 Å². The van der Waals surface area contributed by atoms with Crippen LogP contribution in [0.3, 0.4) is 0 Å². The minimum atomic E-state index is -0.0810. The average molecular weight is 220 g/mol. The lowest BCUT2D eigenvalue weighted by Gasteiger charge is -2.07. The van der Waals surface area contributed by atoms with Crippen molar-refractivity contribution in [3.05, 3.63) is 41.4 Å². The van der Waals surface area contributed by atoms with Crippen LogP contribution in [0.15, 0.2) is 36.4 Å². The second-order valence-corrected chi connectivity index (χ2v) is 3.73. The van der Waals surface area contributed by atoms with Gasteiger partial charge in [-0.05, 0) is 12.1 Å². The van der Waals surface area contributed by atoms with Crippen LogP contribution in [0.2, 0.25) is 5.02 Å². The molecular formula is C12H10ClNO. The second kappa shape index (κ2) is 3.91. The van der Waals surface area contributed by atoms with Gasteiger partial charge in [0.2, 0.25) is 5.91 Å². The Hall–Kier alpha value is -1.54. The smallest absolute Gasteiger partial charge is 0.221 e. The lowest BCUT2D eigenvalue weighted by Crippen LogP contribution is -2.05. The van der Waals surface area contributed by atoms with E-state index in [2.05, 4.69) is 5.32 Å². The average Bonchev–Trinajstić information content (AvgIpc) is 2.22. The fraction of sp³-hybridized carbons (Fsp3) is 0.0833. The van der Waals surface area contributed by atoms with Gasteiger partial charge >= 0.3 is 0 Å². The van der Waals surface area contributed by atoms with Gasteiger partial charge in [0.25, 0.3) is 0 Å². The van der Waals surface area contributed by atoms with Crippen LogP contribution in [0.4, 0.5) is 5.69 Å². The maximum Gasteiger partial charge on any atom is 0.221 e. The second-order valence-electron chi connectivity index (χ2n) is 3.32. The van der Waals surface area contributed by atoms with E-state index >= 15 is 0 Å². The summed E-state index contributed by atoms with van der Waals surface area (Å²) in [6.45, 7) is 1.49. The first-order chi connectivity index (χ1) is 7.18. The first-order valence-electron chi connectivity index (χ1n) is 4.63. The lowest BCUT2D eigenvalue weighted by atomic mass is 10.1. The number of hydrogen-bond donors (Lipinski definition) is 1. The molecule has 1 amide bonds. The van der Waals surface area contributed by atoms with Gasteiger partial charge in [-0.3, -0.25) is 4.79 Å². The van der Waals surface area contributed by atoms with E-state index in [0.717, 1.165) is 16.5 Å². The van der Waals surface area contributed by atoms with E-state index in [4.69, 9.17) is 11.6 Å². The number of amides is 1. The van der Waals surface area contributed by atoms with Crippen LogP contribution < -0.4 is 5.32 Å². The van der Waals surface area contributed by atoms with Gasteiger partial charge in [0.1, 0.15) is 0 Å². The van der Waals surface area contributed by atoms with Crippen molar-refractivity contribution in [3.8, 4) is 0 Å². The van der Waals surface area contributed by atoms with Crippen molar-refractivity contribution >= 4 is 34.0 Å². The Labute approximate surface area is 92.9 Å². The fourth-order valence-corrected chi connectivity index (χ4v) is 1.79. The summed E-state index contributed by atoms with van der Waals surface area (Å²) in [6.07, 6.45) is 0. The quantitative estimate of drug-likeness (QED) is 0.782. The fourth-order valence-electron chi connectivity index (χ4n) is 1.56. The largest absolute Gasteiger partial charge is 0.326 e. The van der Waals surface area contributed by atoms with E-state index in [1.54, 1.807) is 6.07 Å². The highest BCUT2D eigenvalue weighted by Crippen LogP contribution is 2.29. The molecule has 0 fully saturated rings. The Bertz CT molecular complexity index is 522. The molecule has 3 heteroatoms. The topological polar surface area (TPSA) is 29.1 Å². The Morgan fingerprint density at radius 1 is 1.13 bits per heavy atom. The Balaban J connectivity index is 2.66. The van der Waals surface area contributed by atoms with E-state index in [-0.39, 0.29) is 5.91 Å². The zero-order valence-corrected chi connectivity index (χ0v) is 9.01. The number of fused-ring (bicyclic) bond motifs is 1. The molecular weight excluding hydrogens is 210 g/mol. The van der Waals surface area contributed by atoms with E-state index in [1.165, 1.54) is 6.92 Å². The molecule has 0 aliphatic rings. The molecule has 2 aromatic rings. The summed E-state index contributed by atoms with van der Waals surface area (Å²) in [4.78, 5) is 11.0. The molecule has 0 spiro atoms. The molecule has 0 unspecified atom stereocenters. The molecule has 0 saturated heterocycles. The minimum Gasteiger partial charge on any atom is -0.326 e. The molecule has 76 valence electrons. The number of hydrogen-bond acceptors (Lipinski definition) is 1. The molecule has 0 radical (unpaired) electrons. The maximum atomic E-state index is 11.0. The lowest BCUT2D eigenvalue weighted by molar-refractivity contribution is -0.114. The number of carbonyl (C=O) groups excluding carboxylic acids is 1. The molecule has 0 aromatic heterocycles. The number of halogens is 1. The zero-order valence-electron chi connectivity index (χ0n) is 8.25. The van der Waals surface area contributed by atoms with Gasteiger partial charge in [-0.2, -0.15) is 0 Å². The monoisotopic (exact) mass is 219 g/mol. The molecule has 2 aromatic carbocycles. The molecule has 1 N–H and O–H groups in total. The summed E-state index contributed by atoms with van der Waals surface area (Å²) in [6, 6.07) is 11.3. The van der Waals surface area contributed by atoms with Crippen LogP contribution >= 0.6 is 11.6 Å². The van der Waals surface area contributed by atoms with Gasteiger partial charge in [0.05, 0.1) is 0 Å². The predicted molar refractivity (Wildman–Crippen MR) is 63.3 cm³/mol. The summed E-state index contributed by atoms with van der Waals surface area (Å²) < 4.78 is 0. The van der Waals surface area contributed by atoms with Crippen LogP contribution in [-0.2, 0) is 4.79 Å². The standard InChI is InChI=1S/C12H10ClNO/c1-8(15)14-12-7-6-11(13)9-4-2-3-5-10(9)12/h2-7H,1H3,(H,14,15). The van der Waals surface area contributed by atoms with Crippen LogP contribution in [-0.4, -0.2) is 5.91 Å². The molecule has 0 atom stereocenters. The normalized spacial score (nSPS) is 10.3. The van der Waals surface area contributed by atoms with Gasteiger partial charge < -0.3 is 5.32 Å². The first kappa shape index (κ1) is 9.99. The highest BCUT2D eigenvalue weighted by atomic mass is 35.5. The molecule has 2 rings (SSSR count). The molecule has 0 heterocycles. The zero-order chi connectivity index (χ0) is 10.8. The SMILES string of the molecule is CC(=O)Nc1ccc(Cl)c2ccccc12. The van der Waals surface area contributed by atoms with E-state index < -0.39 is 0 Å². The third kappa shape index (κ3) is 1.95. The van der Waals surface area contributed by atoms with Crippen molar-refractivity contribution in [1.82, 2.24) is 0 Å². The number of rotatable bonds is 1. The number of carbonyl (C=O) groups is 1. The van der Waals surface area contributed by atoms with E-state index in [0.29, 0.717) is 5.02 Å². The third-order valence-corrected chi connectivity index (χ3v) is 2.51. The highest BCUT2D eigenvalue weighted by molar-refractivity contribution is 6.36.